The van der Waals surface area contributed by atoms with Gasteiger partial charge in [0.05, 0.1) is 5.56 Å². The number of rotatable bonds is 1. The van der Waals surface area contributed by atoms with Crippen LogP contribution in [0.2, 0.25) is 5.02 Å². The van der Waals surface area contributed by atoms with E-state index < -0.39 is 0 Å². The maximum Gasteiger partial charge on any atom is 0.127 e. The third-order valence-corrected chi connectivity index (χ3v) is 4.61. The maximum absolute atomic E-state index is 9.48. The van der Waals surface area contributed by atoms with Gasteiger partial charge in [0.25, 0.3) is 0 Å². The van der Waals surface area contributed by atoms with Gasteiger partial charge in [-0.05, 0) is 61.1 Å². The van der Waals surface area contributed by atoms with Crippen LogP contribution in [-0.2, 0) is 12.8 Å². The van der Waals surface area contributed by atoms with E-state index in [1.807, 2.05) is 12.1 Å². The van der Waals surface area contributed by atoms with Crippen LogP contribution in [0.1, 0.15) is 29.5 Å². The molecule has 21 heavy (non-hydrogen) atoms. The van der Waals surface area contributed by atoms with Crippen LogP contribution in [0.5, 0.6) is 0 Å². The fraction of sp³-hybridized carbons (Fsp3) is 0.250. The van der Waals surface area contributed by atoms with Crippen molar-refractivity contribution < 1.29 is 0 Å². The summed E-state index contributed by atoms with van der Waals surface area (Å²) in [7, 11) is 0. The number of fused-ring (bicyclic) bond motifs is 1. The van der Waals surface area contributed by atoms with Crippen molar-refractivity contribution in [3.05, 3.63) is 50.6 Å². The summed E-state index contributed by atoms with van der Waals surface area (Å²) in [4.78, 5) is 0. The highest BCUT2D eigenvalue weighted by Crippen LogP contribution is 2.31. The third-order valence-electron chi connectivity index (χ3n) is 3.92. The van der Waals surface area contributed by atoms with E-state index in [-0.39, 0.29) is 0 Å². The normalized spacial score (nSPS) is 13.5. The Morgan fingerprint density at radius 3 is 2.38 bits per heavy atom. The molecule has 1 aromatic heterocycles. The predicted molar refractivity (Wildman–Crippen MR) is 87.4 cm³/mol. The van der Waals surface area contributed by atoms with Crippen molar-refractivity contribution in [3.63, 3.8) is 0 Å². The molecule has 5 heteroatoms. The molecule has 0 bridgehead atoms. The highest BCUT2D eigenvalue weighted by atomic mass is 35.5. The largest absolute Gasteiger partial charge is 0.384 e. The van der Waals surface area contributed by atoms with E-state index in [4.69, 9.17) is 29.6 Å². The first-order chi connectivity index (χ1) is 10.1. The molecule has 0 atom stereocenters. The number of hydrogen-bond acceptors (Lipinski definition) is 3. The Morgan fingerprint density at radius 2 is 1.76 bits per heavy atom. The van der Waals surface area contributed by atoms with Gasteiger partial charge in [-0.15, -0.1) is 0 Å². The number of benzene rings is 1. The smallest absolute Gasteiger partial charge is 0.127 e. The molecule has 0 aliphatic heterocycles. The summed E-state index contributed by atoms with van der Waals surface area (Å²) in [5.74, 6) is 0.422. The summed E-state index contributed by atoms with van der Waals surface area (Å²) in [5.41, 5.74) is 9.77. The molecule has 0 spiro atoms. The first kappa shape index (κ1) is 14.1. The zero-order valence-corrected chi connectivity index (χ0v) is 13.0. The summed E-state index contributed by atoms with van der Waals surface area (Å²) in [6, 6.07) is 9.58. The van der Waals surface area contributed by atoms with Crippen molar-refractivity contribution in [2.24, 2.45) is 0 Å². The Kier molecular flexibility index (Phi) is 3.71. The van der Waals surface area contributed by atoms with E-state index in [1.54, 1.807) is 16.7 Å². The average molecular weight is 316 g/mol. The molecular formula is C16H14ClN3S. The van der Waals surface area contributed by atoms with E-state index in [0.29, 0.717) is 21.0 Å². The lowest BCUT2D eigenvalue weighted by Gasteiger charge is -2.22. The monoisotopic (exact) mass is 315 g/mol. The van der Waals surface area contributed by atoms with E-state index >= 15 is 0 Å². The van der Waals surface area contributed by atoms with Gasteiger partial charge in [0.1, 0.15) is 16.5 Å². The van der Waals surface area contributed by atoms with Crippen molar-refractivity contribution in [1.82, 2.24) is 4.57 Å². The Labute approximate surface area is 133 Å². The maximum atomic E-state index is 9.48. The van der Waals surface area contributed by atoms with Gasteiger partial charge in [0.15, 0.2) is 0 Å². The van der Waals surface area contributed by atoms with Gasteiger partial charge in [0, 0.05) is 10.7 Å². The van der Waals surface area contributed by atoms with Gasteiger partial charge >= 0.3 is 0 Å². The predicted octanol–water partition coefficient (Wildman–Crippen LogP) is 4.19. The molecule has 0 unspecified atom stereocenters. The van der Waals surface area contributed by atoms with Crippen molar-refractivity contribution in [2.45, 2.75) is 25.7 Å². The molecule has 3 nitrogen and oxygen atoms in total. The lowest BCUT2D eigenvalue weighted by atomic mass is 9.89. The number of nitriles is 1. The van der Waals surface area contributed by atoms with Crippen molar-refractivity contribution in [2.75, 3.05) is 5.73 Å². The molecule has 106 valence electrons. The zero-order valence-electron chi connectivity index (χ0n) is 11.4. The molecular weight excluding hydrogens is 302 g/mol. The minimum atomic E-state index is 0.422. The lowest BCUT2D eigenvalue weighted by Crippen LogP contribution is -2.16. The van der Waals surface area contributed by atoms with Crippen LogP contribution in [0.3, 0.4) is 0 Å². The number of pyridine rings is 1. The number of nitrogens with two attached hydrogens (primary N) is 1. The molecule has 0 amide bonds. The fourth-order valence-electron chi connectivity index (χ4n) is 2.90. The molecule has 0 radical (unpaired) electrons. The summed E-state index contributed by atoms with van der Waals surface area (Å²) in [6.07, 6.45) is 3.98. The molecule has 1 aliphatic carbocycles. The highest BCUT2D eigenvalue weighted by molar-refractivity contribution is 7.71. The summed E-state index contributed by atoms with van der Waals surface area (Å²) in [6.45, 7) is 0. The first-order valence-electron chi connectivity index (χ1n) is 6.85. The highest BCUT2D eigenvalue weighted by Gasteiger charge is 2.21. The second kappa shape index (κ2) is 5.51. The summed E-state index contributed by atoms with van der Waals surface area (Å²) < 4.78 is 2.50. The van der Waals surface area contributed by atoms with Gasteiger partial charge in [-0.25, -0.2) is 0 Å². The van der Waals surface area contributed by atoms with Gasteiger partial charge in [-0.3, -0.25) is 4.57 Å². The van der Waals surface area contributed by atoms with Crippen LogP contribution in [0.4, 0.5) is 5.82 Å². The van der Waals surface area contributed by atoms with E-state index in [1.165, 1.54) is 0 Å². The van der Waals surface area contributed by atoms with Crippen LogP contribution >= 0.6 is 23.8 Å². The van der Waals surface area contributed by atoms with Crippen molar-refractivity contribution in [3.8, 4) is 11.8 Å². The Hall–Kier alpha value is -1.83. The van der Waals surface area contributed by atoms with E-state index in [9.17, 15) is 5.26 Å². The molecule has 2 aromatic rings. The first-order valence-corrected chi connectivity index (χ1v) is 7.64. The van der Waals surface area contributed by atoms with E-state index in [0.717, 1.165) is 42.5 Å². The van der Waals surface area contributed by atoms with Crippen LogP contribution in [0.15, 0.2) is 24.3 Å². The zero-order chi connectivity index (χ0) is 15.0. The number of nitrogens with zero attached hydrogens (tertiary/aromatic N) is 2. The SMILES string of the molecule is N#Cc1c2c(c(=S)n(-c3ccc(Cl)cc3)c1N)CCCC2. The number of anilines is 1. The van der Waals surface area contributed by atoms with Gasteiger partial charge in [0.2, 0.25) is 0 Å². The minimum absolute atomic E-state index is 0.422. The minimum Gasteiger partial charge on any atom is -0.384 e. The number of hydrogen-bond donors (Lipinski definition) is 1. The summed E-state index contributed by atoms with van der Waals surface area (Å²) in [5, 5.41) is 10.1. The molecule has 0 saturated carbocycles. The molecule has 0 fully saturated rings. The standard InChI is InChI=1S/C16H14ClN3S/c17-10-5-7-11(8-6-10)20-15(19)14(9-18)12-3-1-2-4-13(12)16(20)21/h5-8H,1-4,19H2. The second-order valence-electron chi connectivity index (χ2n) is 5.15. The molecule has 2 N–H and O–H groups in total. The Bertz CT molecular complexity index is 800. The fourth-order valence-corrected chi connectivity index (χ4v) is 3.45. The van der Waals surface area contributed by atoms with Gasteiger partial charge in [-0.1, -0.05) is 23.8 Å². The van der Waals surface area contributed by atoms with Gasteiger partial charge < -0.3 is 5.73 Å². The van der Waals surface area contributed by atoms with Crippen LogP contribution in [0.25, 0.3) is 5.69 Å². The number of aromatic nitrogens is 1. The van der Waals surface area contributed by atoms with Crippen LogP contribution in [0, 0.1) is 16.0 Å². The molecule has 1 aliphatic rings. The lowest BCUT2D eigenvalue weighted by molar-refractivity contribution is 0.675. The molecule has 1 aromatic carbocycles. The third kappa shape index (κ3) is 2.33. The number of nitrogen functional groups attached to an aromatic ring is 1. The van der Waals surface area contributed by atoms with Crippen LogP contribution < -0.4 is 5.73 Å². The van der Waals surface area contributed by atoms with Crippen molar-refractivity contribution >= 4 is 29.6 Å². The second-order valence-corrected chi connectivity index (χ2v) is 5.98. The van der Waals surface area contributed by atoms with Crippen LogP contribution in [-0.4, -0.2) is 4.57 Å². The molecule has 3 rings (SSSR count). The molecule has 0 saturated heterocycles. The van der Waals surface area contributed by atoms with Gasteiger partial charge in [-0.2, -0.15) is 5.26 Å². The van der Waals surface area contributed by atoms with E-state index in [2.05, 4.69) is 6.07 Å². The number of halogens is 1. The molecule has 1 heterocycles. The Balaban J connectivity index is 2.33. The quantitative estimate of drug-likeness (QED) is 0.803. The van der Waals surface area contributed by atoms with Crippen molar-refractivity contribution in [1.29, 1.82) is 5.26 Å². The topological polar surface area (TPSA) is 54.7 Å². The Morgan fingerprint density at radius 1 is 1.14 bits per heavy atom. The average Bonchev–Trinajstić information content (AvgIpc) is 2.50. The summed E-state index contributed by atoms with van der Waals surface area (Å²) >= 11 is 11.6.